The molecule has 0 aliphatic carbocycles. The summed E-state index contributed by atoms with van der Waals surface area (Å²) in [6.45, 7) is 6.83. The summed E-state index contributed by atoms with van der Waals surface area (Å²) in [4.78, 5) is 12.1. The highest BCUT2D eigenvalue weighted by Crippen LogP contribution is 2.25. The molecule has 2 rings (SSSR count). The molecule has 0 fully saturated rings. The van der Waals surface area contributed by atoms with E-state index in [1.54, 1.807) is 6.07 Å². The number of unbranched alkanes of at least 4 members (excludes halogenated alkanes) is 3. The molecule has 2 heterocycles. The Bertz CT molecular complexity index is 641. The second-order valence-corrected chi connectivity index (χ2v) is 5.65. The van der Waals surface area contributed by atoms with Crippen molar-refractivity contribution in [2.75, 3.05) is 6.54 Å². The second kappa shape index (κ2) is 7.24. The molecule has 0 bridgehead atoms. The van der Waals surface area contributed by atoms with Crippen LogP contribution in [0.1, 0.15) is 54.5 Å². The lowest BCUT2D eigenvalue weighted by Gasteiger charge is -2.02. The summed E-state index contributed by atoms with van der Waals surface area (Å²) in [5.74, 6) is -0.102. The molecule has 0 atom stereocenters. The number of aromatic nitrogens is 4. The lowest BCUT2D eigenvalue weighted by molar-refractivity contribution is 0.0948. The molecule has 0 aliphatic heterocycles. The van der Waals surface area contributed by atoms with Crippen molar-refractivity contribution in [3.8, 4) is 11.3 Å². The molecule has 0 aromatic carbocycles. The van der Waals surface area contributed by atoms with Crippen LogP contribution in [0.3, 0.4) is 0 Å². The fraction of sp³-hybridized carbons (Fsp3) is 0.562. The van der Waals surface area contributed by atoms with E-state index in [9.17, 15) is 4.79 Å². The van der Waals surface area contributed by atoms with Crippen molar-refractivity contribution in [1.29, 1.82) is 0 Å². The fourth-order valence-corrected chi connectivity index (χ4v) is 2.56. The van der Waals surface area contributed by atoms with E-state index in [-0.39, 0.29) is 5.91 Å². The minimum Gasteiger partial charge on any atom is -0.351 e. The number of rotatable bonds is 7. The van der Waals surface area contributed by atoms with Crippen LogP contribution in [0.2, 0.25) is 0 Å². The highest BCUT2D eigenvalue weighted by molar-refractivity contribution is 5.93. The molecule has 0 spiro atoms. The van der Waals surface area contributed by atoms with Gasteiger partial charge < -0.3 is 5.32 Å². The summed E-state index contributed by atoms with van der Waals surface area (Å²) in [6.07, 6.45) is 4.58. The highest BCUT2D eigenvalue weighted by atomic mass is 16.1. The van der Waals surface area contributed by atoms with E-state index >= 15 is 0 Å². The molecule has 120 valence electrons. The first kappa shape index (κ1) is 16.3. The maximum Gasteiger partial charge on any atom is 0.269 e. The van der Waals surface area contributed by atoms with Crippen LogP contribution < -0.4 is 5.32 Å². The molecular formula is C16H25N5O. The van der Waals surface area contributed by atoms with Gasteiger partial charge in [0, 0.05) is 24.8 Å². The minimum atomic E-state index is -0.102. The van der Waals surface area contributed by atoms with Gasteiger partial charge in [0.1, 0.15) is 5.69 Å². The van der Waals surface area contributed by atoms with Crippen molar-refractivity contribution < 1.29 is 4.79 Å². The standard InChI is InChI=1S/C16H25N5O/c1-5-6-7-8-9-17-16(22)14-10-13(18-19-14)15-11(2)20-21(4)12(15)3/h10H,5-9H2,1-4H3,(H,17,22)(H,18,19). The molecule has 0 saturated heterocycles. The predicted molar refractivity (Wildman–Crippen MR) is 86.7 cm³/mol. The third-order valence-electron chi connectivity index (χ3n) is 3.90. The Morgan fingerprint density at radius 3 is 2.73 bits per heavy atom. The number of nitrogens with one attached hydrogen (secondary N) is 2. The van der Waals surface area contributed by atoms with E-state index in [0.717, 1.165) is 35.5 Å². The molecule has 2 aromatic heterocycles. The maximum absolute atomic E-state index is 12.1. The van der Waals surface area contributed by atoms with E-state index in [1.807, 2.05) is 25.6 Å². The Labute approximate surface area is 131 Å². The fourth-order valence-electron chi connectivity index (χ4n) is 2.56. The van der Waals surface area contributed by atoms with Gasteiger partial charge in [0.15, 0.2) is 0 Å². The summed E-state index contributed by atoms with van der Waals surface area (Å²) in [5.41, 5.74) is 4.20. The van der Waals surface area contributed by atoms with Crippen molar-refractivity contribution >= 4 is 5.91 Å². The Morgan fingerprint density at radius 2 is 2.09 bits per heavy atom. The van der Waals surface area contributed by atoms with E-state index in [0.29, 0.717) is 12.2 Å². The van der Waals surface area contributed by atoms with Crippen molar-refractivity contribution in [2.45, 2.75) is 46.5 Å². The van der Waals surface area contributed by atoms with Gasteiger partial charge >= 0.3 is 0 Å². The zero-order valence-electron chi connectivity index (χ0n) is 13.9. The van der Waals surface area contributed by atoms with Gasteiger partial charge in [-0.15, -0.1) is 0 Å². The van der Waals surface area contributed by atoms with Crippen molar-refractivity contribution in [3.63, 3.8) is 0 Å². The minimum absolute atomic E-state index is 0.102. The lowest BCUT2D eigenvalue weighted by atomic mass is 10.1. The molecule has 2 N–H and O–H groups in total. The quantitative estimate of drug-likeness (QED) is 0.772. The Kier molecular flexibility index (Phi) is 5.35. The average molecular weight is 303 g/mol. The van der Waals surface area contributed by atoms with Crippen molar-refractivity contribution in [2.24, 2.45) is 7.05 Å². The number of carbonyl (C=O) groups excluding carboxylic acids is 1. The van der Waals surface area contributed by atoms with Gasteiger partial charge in [0.05, 0.1) is 11.4 Å². The van der Waals surface area contributed by atoms with Gasteiger partial charge in [-0.25, -0.2) is 0 Å². The van der Waals surface area contributed by atoms with Gasteiger partial charge in [-0.2, -0.15) is 10.2 Å². The smallest absolute Gasteiger partial charge is 0.269 e. The first-order chi connectivity index (χ1) is 10.5. The van der Waals surface area contributed by atoms with E-state index in [4.69, 9.17) is 0 Å². The number of nitrogens with zero attached hydrogens (tertiary/aromatic N) is 3. The Balaban J connectivity index is 2.00. The molecule has 0 aliphatic rings. The van der Waals surface area contributed by atoms with Crippen molar-refractivity contribution in [3.05, 3.63) is 23.1 Å². The zero-order chi connectivity index (χ0) is 16.1. The summed E-state index contributed by atoms with van der Waals surface area (Å²) >= 11 is 0. The molecular weight excluding hydrogens is 278 g/mol. The van der Waals surface area contributed by atoms with E-state index in [1.165, 1.54) is 12.8 Å². The van der Waals surface area contributed by atoms with E-state index in [2.05, 4.69) is 27.5 Å². The topological polar surface area (TPSA) is 75.6 Å². The highest BCUT2D eigenvalue weighted by Gasteiger charge is 2.16. The Morgan fingerprint density at radius 1 is 1.32 bits per heavy atom. The molecule has 0 saturated carbocycles. The van der Waals surface area contributed by atoms with Crippen LogP contribution >= 0.6 is 0 Å². The molecule has 6 nitrogen and oxygen atoms in total. The number of amides is 1. The summed E-state index contributed by atoms with van der Waals surface area (Å²) in [7, 11) is 1.91. The van der Waals surface area contributed by atoms with Crippen LogP contribution in [0.25, 0.3) is 11.3 Å². The average Bonchev–Trinajstić information content (AvgIpc) is 3.04. The van der Waals surface area contributed by atoms with E-state index < -0.39 is 0 Å². The third kappa shape index (κ3) is 3.55. The number of H-pyrrole nitrogens is 1. The molecule has 1 amide bonds. The maximum atomic E-state index is 12.1. The summed E-state index contributed by atoms with van der Waals surface area (Å²) in [5, 5.41) is 14.4. The molecule has 2 aromatic rings. The van der Waals surface area contributed by atoms with Crippen LogP contribution in [0.15, 0.2) is 6.07 Å². The lowest BCUT2D eigenvalue weighted by Crippen LogP contribution is -2.24. The first-order valence-electron chi connectivity index (χ1n) is 7.88. The number of aromatic amines is 1. The predicted octanol–water partition coefficient (Wildman–Crippen LogP) is 2.74. The van der Waals surface area contributed by atoms with Crippen LogP contribution in [0.5, 0.6) is 0 Å². The number of aryl methyl sites for hydroxylation is 2. The van der Waals surface area contributed by atoms with Gasteiger partial charge in [-0.05, 0) is 26.3 Å². The number of carbonyl (C=O) groups is 1. The largest absolute Gasteiger partial charge is 0.351 e. The molecule has 0 unspecified atom stereocenters. The van der Waals surface area contributed by atoms with Gasteiger partial charge in [-0.3, -0.25) is 14.6 Å². The Hall–Kier alpha value is -2.11. The van der Waals surface area contributed by atoms with Crippen LogP contribution in [-0.2, 0) is 7.05 Å². The monoisotopic (exact) mass is 303 g/mol. The first-order valence-corrected chi connectivity index (χ1v) is 7.88. The normalized spacial score (nSPS) is 10.9. The van der Waals surface area contributed by atoms with Gasteiger partial charge in [-0.1, -0.05) is 26.2 Å². The van der Waals surface area contributed by atoms with Crippen molar-refractivity contribution in [1.82, 2.24) is 25.3 Å². The molecule has 0 radical (unpaired) electrons. The molecule has 6 heteroatoms. The summed E-state index contributed by atoms with van der Waals surface area (Å²) in [6, 6.07) is 1.79. The van der Waals surface area contributed by atoms with Gasteiger partial charge in [0.2, 0.25) is 0 Å². The third-order valence-corrected chi connectivity index (χ3v) is 3.90. The number of hydrogen-bond donors (Lipinski definition) is 2. The second-order valence-electron chi connectivity index (χ2n) is 5.65. The van der Waals surface area contributed by atoms with Crippen LogP contribution in [-0.4, -0.2) is 32.4 Å². The number of hydrogen-bond acceptors (Lipinski definition) is 3. The van der Waals surface area contributed by atoms with Crippen LogP contribution in [0, 0.1) is 13.8 Å². The van der Waals surface area contributed by atoms with Crippen LogP contribution in [0.4, 0.5) is 0 Å². The summed E-state index contributed by atoms with van der Waals surface area (Å²) < 4.78 is 1.83. The van der Waals surface area contributed by atoms with Gasteiger partial charge in [0.25, 0.3) is 5.91 Å². The molecule has 22 heavy (non-hydrogen) atoms. The zero-order valence-corrected chi connectivity index (χ0v) is 13.9. The SMILES string of the molecule is CCCCCCNC(=O)c1cc(-c2c(C)nn(C)c2C)n[nH]1.